The molecule has 1 saturated heterocycles. The van der Waals surface area contributed by atoms with Gasteiger partial charge in [0.15, 0.2) is 11.5 Å². The van der Waals surface area contributed by atoms with E-state index in [1.54, 1.807) is 7.11 Å². The highest BCUT2D eigenvalue weighted by Crippen LogP contribution is 2.44. The van der Waals surface area contributed by atoms with Crippen molar-refractivity contribution in [1.29, 1.82) is 0 Å². The number of hydrogen-bond donors (Lipinski definition) is 2. The Morgan fingerprint density at radius 3 is 2.72 bits per heavy atom. The number of carbonyl (C=O) groups is 1. The predicted molar refractivity (Wildman–Crippen MR) is 125 cm³/mol. The van der Waals surface area contributed by atoms with E-state index in [2.05, 4.69) is 10.4 Å². The lowest BCUT2D eigenvalue weighted by atomic mass is 9.94. The van der Waals surface area contributed by atoms with E-state index >= 15 is 0 Å². The molecule has 3 heterocycles. The van der Waals surface area contributed by atoms with Gasteiger partial charge in [-0.3, -0.25) is 19.4 Å². The summed E-state index contributed by atoms with van der Waals surface area (Å²) in [6, 6.07) is 5.73. The summed E-state index contributed by atoms with van der Waals surface area (Å²) in [4.78, 5) is 25.7. The van der Waals surface area contributed by atoms with Gasteiger partial charge >= 0.3 is 0 Å². The summed E-state index contributed by atoms with van der Waals surface area (Å²) in [7, 11) is 1.60. The number of ether oxygens (including phenoxy) is 3. The van der Waals surface area contributed by atoms with E-state index in [0.717, 1.165) is 18.4 Å². The van der Waals surface area contributed by atoms with Crippen molar-refractivity contribution in [3.05, 3.63) is 39.7 Å². The molecule has 2 N–H and O–H groups in total. The van der Waals surface area contributed by atoms with Crippen molar-refractivity contribution in [2.45, 2.75) is 63.5 Å². The van der Waals surface area contributed by atoms with E-state index in [4.69, 9.17) is 14.2 Å². The van der Waals surface area contributed by atoms with Crippen molar-refractivity contribution >= 4 is 23.5 Å². The summed E-state index contributed by atoms with van der Waals surface area (Å²) in [6.45, 7) is 8.61. The molecular formula is C23H31N3O5S. The molecule has 2 aromatic rings. The van der Waals surface area contributed by atoms with Crippen LogP contribution in [0.1, 0.15) is 63.0 Å². The number of nitrogens with one attached hydrogen (secondary N) is 2. The quantitative estimate of drug-likeness (QED) is 0.702. The highest BCUT2D eigenvalue weighted by molar-refractivity contribution is 8.00. The molecule has 1 aromatic heterocycles. The Hall–Kier alpha value is -2.39. The van der Waals surface area contributed by atoms with Crippen LogP contribution in [0.3, 0.4) is 0 Å². The molecule has 174 valence electrons. The zero-order chi connectivity index (χ0) is 23.0. The molecule has 9 heteroatoms. The third-order valence-electron chi connectivity index (χ3n) is 5.75. The van der Waals surface area contributed by atoms with E-state index in [9.17, 15) is 9.59 Å². The second-order valence-electron chi connectivity index (χ2n) is 9.14. The molecule has 4 rings (SSSR count). The zero-order valence-electron chi connectivity index (χ0n) is 19.2. The normalized spacial score (nSPS) is 22.8. The summed E-state index contributed by atoms with van der Waals surface area (Å²) in [5.74, 6) is 1.94. The zero-order valence-corrected chi connectivity index (χ0v) is 20.0. The van der Waals surface area contributed by atoms with Gasteiger partial charge in [0.25, 0.3) is 5.56 Å². The molecule has 2 atom stereocenters. The number of aromatic nitrogens is 2. The summed E-state index contributed by atoms with van der Waals surface area (Å²) in [5.41, 5.74) is 0.964. The van der Waals surface area contributed by atoms with Crippen molar-refractivity contribution in [2.75, 3.05) is 24.8 Å². The number of hydrogen-bond acceptors (Lipinski definition) is 6. The highest BCUT2D eigenvalue weighted by Gasteiger charge is 2.36. The number of amides is 1. The smallest absolute Gasteiger partial charge is 0.270 e. The van der Waals surface area contributed by atoms with Crippen molar-refractivity contribution in [3.63, 3.8) is 0 Å². The SMILES string of the molecule is COc1cc([C@@H]2SCC(=O)Nc3c2c(=O)[nH]n3[C@H]2CCOC(C)(C)C2)ccc1OC(C)C. The van der Waals surface area contributed by atoms with E-state index in [-0.39, 0.29) is 40.2 Å². The van der Waals surface area contributed by atoms with E-state index in [1.165, 1.54) is 11.8 Å². The summed E-state index contributed by atoms with van der Waals surface area (Å²) < 4.78 is 19.1. The Morgan fingerprint density at radius 1 is 1.25 bits per heavy atom. The van der Waals surface area contributed by atoms with Crippen LogP contribution < -0.4 is 20.3 Å². The van der Waals surface area contributed by atoms with Gasteiger partial charge < -0.3 is 19.5 Å². The Balaban J connectivity index is 1.77. The maximum atomic E-state index is 13.2. The first kappa shape index (κ1) is 22.8. The van der Waals surface area contributed by atoms with Gasteiger partial charge in [0, 0.05) is 6.61 Å². The van der Waals surface area contributed by atoms with Crippen LogP contribution in [-0.2, 0) is 9.53 Å². The summed E-state index contributed by atoms with van der Waals surface area (Å²) in [6.07, 6.45) is 1.52. The standard InChI is InChI=1S/C23H31N3O5S/c1-13(2)31-16-7-6-14(10-17(16)29-5)20-19-21(24-18(27)12-32-20)26(25-22(19)28)15-8-9-30-23(3,4)11-15/h6-7,10,13,15,20H,8-9,11-12H2,1-5H3,(H,24,27)(H,25,28)/t15-,20-/m0/s1. The molecular weight excluding hydrogens is 430 g/mol. The first-order chi connectivity index (χ1) is 15.2. The summed E-state index contributed by atoms with van der Waals surface area (Å²) in [5, 5.41) is 5.66. The van der Waals surface area contributed by atoms with Crippen molar-refractivity contribution in [3.8, 4) is 11.5 Å². The van der Waals surface area contributed by atoms with E-state index in [1.807, 2.05) is 50.6 Å². The van der Waals surface area contributed by atoms with Gasteiger partial charge in [-0.25, -0.2) is 0 Å². The minimum atomic E-state index is -0.316. The molecule has 2 aliphatic rings. The molecule has 1 fully saturated rings. The van der Waals surface area contributed by atoms with Crippen LogP contribution >= 0.6 is 11.8 Å². The Morgan fingerprint density at radius 2 is 2.03 bits per heavy atom. The molecule has 0 radical (unpaired) electrons. The predicted octanol–water partition coefficient (Wildman–Crippen LogP) is 3.88. The molecule has 0 unspecified atom stereocenters. The molecule has 0 bridgehead atoms. The molecule has 0 saturated carbocycles. The third-order valence-corrected chi connectivity index (χ3v) is 7.02. The van der Waals surface area contributed by atoms with Gasteiger partial charge in [0.05, 0.1) is 41.4 Å². The van der Waals surface area contributed by atoms with E-state index in [0.29, 0.717) is 29.5 Å². The molecule has 8 nitrogen and oxygen atoms in total. The fourth-order valence-corrected chi connectivity index (χ4v) is 5.51. The first-order valence-corrected chi connectivity index (χ1v) is 12.0. The number of nitrogens with zero attached hydrogens (tertiary/aromatic N) is 1. The maximum absolute atomic E-state index is 13.2. The fraction of sp³-hybridized carbons (Fsp3) is 0.565. The summed E-state index contributed by atoms with van der Waals surface area (Å²) >= 11 is 1.43. The monoisotopic (exact) mass is 461 g/mol. The van der Waals surface area contributed by atoms with Gasteiger partial charge in [0.2, 0.25) is 5.91 Å². The number of thioether (sulfide) groups is 1. The number of H-pyrrole nitrogens is 1. The number of rotatable bonds is 5. The largest absolute Gasteiger partial charge is 0.493 e. The molecule has 1 amide bonds. The van der Waals surface area contributed by atoms with Gasteiger partial charge in [-0.05, 0) is 58.2 Å². The van der Waals surface area contributed by atoms with Gasteiger partial charge in [0.1, 0.15) is 5.82 Å². The molecule has 32 heavy (non-hydrogen) atoms. The number of aromatic amines is 1. The molecule has 1 aromatic carbocycles. The van der Waals surface area contributed by atoms with Gasteiger partial charge in [-0.2, -0.15) is 0 Å². The van der Waals surface area contributed by atoms with Crippen LogP contribution in [0.2, 0.25) is 0 Å². The van der Waals surface area contributed by atoms with Crippen LogP contribution in [0.4, 0.5) is 5.82 Å². The number of methoxy groups -OCH3 is 1. The highest BCUT2D eigenvalue weighted by atomic mass is 32.2. The van der Waals surface area contributed by atoms with Crippen LogP contribution in [0.5, 0.6) is 11.5 Å². The first-order valence-electron chi connectivity index (χ1n) is 10.9. The van der Waals surface area contributed by atoms with Crippen LogP contribution in [0.15, 0.2) is 23.0 Å². The van der Waals surface area contributed by atoms with Crippen molar-refractivity contribution in [1.82, 2.24) is 9.78 Å². The van der Waals surface area contributed by atoms with Gasteiger partial charge in [-0.1, -0.05) is 6.07 Å². The van der Waals surface area contributed by atoms with Crippen LogP contribution in [0, 0.1) is 0 Å². The number of carbonyl (C=O) groups excluding carboxylic acids is 1. The van der Waals surface area contributed by atoms with Crippen LogP contribution in [-0.4, -0.2) is 46.9 Å². The number of fused-ring (bicyclic) bond motifs is 1. The number of anilines is 1. The van der Waals surface area contributed by atoms with E-state index < -0.39 is 0 Å². The maximum Gasteiger partial charge on any atom is 0.270 e. The second kappa shape index (κ2) is 8.86. The minimum Gasteiger partial charge on any atom is -0.493 e. The van der Waals surface area contributed by atoms with Gasteiger partial charge in [-0.15, -0.1) is 11.8 Å². The van der Waals surface area contributed by atoms with Crippen molar-refractivity contribution in [2.24, 2.45) is 0 Å². The minimum absolute atomic E-state index is 0.0102. The lowest BCUT2D eigenvalue weighted by molar-refractivity contribution is -0.113. The lowest BCUT2D eigenvalue weighted by Gasteiger charge is -2.36. The number of benzene rings is 1. The third kappa shape index (κ3) is 4.54. The Kier molecular flexibility index (Phi) is 6.31. The molecule has 0 aliphatic carbocycles. The fourth-order valence-electron chi connectivity index (χ4n) is 4.40. The average molecular weight is 462 g/mol. The second-order valence-corrected chi connectivity index (χ2v) is 10.2. The topological polar surface area (TPSA) is 94.6 Å². The van der Waals surface area contributed by atoms with Crippen molar-refractivity contribution < 1.29 is 19.0 Å². The Labute approximate surface area is 192 Å². The molecule has 2 aliphatic heterocycles. The lowest BCUT2D eigenvalue weighted by Crippen LogP contribution is -2.36. The average Bonchev–Trinajstić information content (AvgIpc) is 2.93. The molecule has 0 spiro atoms. The Bertz CT molecular complexity index is 1060. The van der Waals surface area contributed by atoms with Crippen LogP contribution in [0.25, 0.3) is 0 Å².